The Morgan fingerprint density at radius 3 is 2.34 bits per heavy atom. The predicted molar refractivity (Wildman–Crippen MR) is 131 cm³/mol. The van der Waals surface area contributed by atoms with Gasteiger partial charge >= 0.3 is 0 Å². The minimum atomic E-state index is -0.938. The molecule has 2 aromatic carbocycles. The third-order valence-corrected chi connectivity index (χ3v) is 6.55. The van der Waals surface area contributed by atoms with E-state index in [9.17, 15) is 5.11 Å². The SMILES string of the molecule is CCCC[C@](O)(c1ccc(OCCC(C)C)cc1)[C@@H](CN1CCOCC1)c1ccccc1. The van der Waals surface area contributed by atoms with Crippen LogP contribution >= 0.6 is 0 Å². The van der Waals surface area contributed by atoms with E-state index in [2.05, 4.69) is 62.1 Å². The van der Waals surface area contributed by atoms with Gasteiger partial charge in [0.25, 0.3) is 0 Å². The van der Waals surface area contributed by atoms with E-state index in [1.165, 1.54) is 5.56 Å². The molecule has 1 heterocycles. The standard InChI is InChI=1S/C28H41NO3/c1-4-5-16-28(30,25-11-13-26(14-12-25)32-19-15-23(2)3)27(24-9-7-6-8-10-24)22-29-17-20-31-21-18-29/h6-14,23,27,30H,4-5,15-22H2,1-3H3/t27-,28-/m0/s1. The summed E-state index contributed by atoms with van der Waals surface area (Å²) in [6.07, 6.45) is 3.81. The number of aliphatic hydroxyl groups is 1. The molecule has 0 saturated carbocycles. The number of hydrogen-bond acceptors (Lipinski definition) is 4. The van der Waals surface area contributed by atoms with E-state index < -0.39 is 5.60 Å². The van der Waals surface area contributed by atoms with Crippen LogP contribution in [0.3, 0.4) is 0 Å². The van der Waals surface area contributed by atoms with Crippen molar-refractivity contribution in [1.82, 2.24) is 4.90 Å². The molecule has 0 amide bonds. The summed E-state index contributed by atoms with van der Waals surface area (Å²) < 4.78 is 11.5. The van der Waals surface area contributed by atoms with Crippen LogP contribution in [0.15, 0.2) is 54.6 Å². The minimum absolute atomic E-state index is 0.0129. The number of morpholine rings is 1. The summed E-state index contributed by atoms with van der Waals surface area (Å²) in [5.41, 5.74) is 1.23. The van der Waals surface area contributed by atoms with Crippen LogP contribution in [0.1, 0.15) is 63.5 Å². The smallest absolute Gasteiger partial charge is 0.119 e. The molecule has 1 aliphatic heterocycles. The van der Waals surface area contributed by atoms with E-state index in [-0.39, 0.29) is 5.92 Å². The van der Waals surface area contributed by atoms with Crippen LogP contribution in [0.25, 0.3) is 0 Å². The van der Waals surface area contributed by atoms with Gasteiger partial charge < -0.3 is 14.6 Å². The Morgan fingerprint density at radius 1 is 1.03 bits per heavy atom. The first-order valence-electron chi connectivity index (χ1n) is 12.3. The molecule has 0 aromatic heterocycles. The van der Waals surface area contributed by atoms with Gasteiger partial charge in [-0.3, -0.25) is 4.90 Å². The molecule has 4 heteroatoms. The monoisotopic (exact) mass is 439 g/mol. The lowest BCUT2D eigenvalue weighted by Gasteiger charge is -2.41. The van der Waals surface area contributed by atoms with Gasteiger partial charge in [0.05, 0.1) is 25.4 Å². The van der Waals surface area contributed by atoms with Crippen LogP contribution in [0, 0.1) is 5.92 Å². The number of hydrogen-bond donors (Lipinski definition) is 1. The van der Waals surface area contributed by atoms with Gasteiger partial charge in [-0.25, -0.2) is 0 Å². The molecule has 3 rings (SSSR count). The molecule has 176 valence electrons. The third-order valence-electron chi connectivity index (χ3n) is 6.55. The molecule has 1 aliphatic rings. The molecule has 0 radical (unpaired) electrons. The molecule has 0 spiro atoms. The van der Waals surface area contributed by atoms with Crippen molar-refractivity contribution in [2.45, 2.75) is 58.0 Å². The van der Waals surface area contributed by atoms with Crippen molar-refractivity contribution in [2.24, 2.45) is 5.92 Å². The fourth-order valence-corrected chi connectivity index (χ4v) is 4.48. The molecule has 0 bridgehead atoms. The van der Waals surface area contributed by atoms with Gasteiger partial charge in [0.2, 0.25) is 0 Å². The second-order valence-electron chi connectivity index (χ2n) is 9.46. The second-order valence-corrected chi connectivity index (χ2v) is 9.46. The van der Waals surface area contributed by atoms with Crippen LogP contribution in [0.4, 0.5) is 0 Å². The van der Waals surface area contributed by atoms with E-state index in [1.807, 2.05) is 18.2 Å². The lowest BCUT2D eigenvalue weighted by atomic mass is 9.74. The lowest BCUT2D eigenvalue weighted by molar-refractivity contribution is -0.0294. The van der Waals surface area contributed by atoms with Crippen LogP contribution in [-0.4, -0.2) is 49.5 Å². The highest BCUT2D eigenvalue weighted by Crippen LogP contribution is 2.42. The van der Waals surface area contributed by atoms with Crippen molar-refractivity contribution >= 4 is 0 Å². The van der Waals surface area contributed by atoms with Crippen LogP contribution < -0.4 is 4.74 Å². The Kier molecular flexibility index (Phi) is 9.58. The maximum atomic E-state index is 12.3. The Bertz CT molecular complexity index is 771. The molecular formula is C28H41NO3. The van der Waals surface area contributed by atoms with Gasteiger partial charge in [0, 0.05) is 25.6 Å². The second kappa shape index (κ2) is 12.4. The summed E-state index contributed by atoms with van der Waals surface area (Å²) >= 11 is 0. The molecule has 2 atom stereocenters. The highest BCUT2D eigenvalue weighted by Gasteiger charge is 2.40. The summed E-state index contributed by atoms with van der Waals surface area (Å²) in [5.74, 6) is 1.48. The zero-order valence-corrected chi connectivity index (χ0v) is 20.1. The number of benzene rings is 2. The molecule has 2 aromatic rings. The van der Waals surface area contributed by atoms with E-state index >= 15 is 0 Å². The van der Waals surface area contributed by atoms with Gasteiger partial charge in [-0.2, -0.15) is 0 Å². The first-order valence-corrected chi connectivity index (χ1v) is 12.3. The highest BCUT2D eigenvalue weighted by molar-refractivity contribution is 5.35. The van der Waals surface area contributed by atoms with Crippen molar-refractivity contribution < 1.29 is 14.6 Å². The normalized spacial score (nSPS) is 17.8. The third kappa shape index (κ3) is 6.81. The highest BCUT2D eigenvalue weighted by atomic mass is 16.5. The molecule has 1 saturated heterocycles. The van der Waals surface area contributed by atoms with Crippen LogP contribution in [-0.2, 0) is 10.3 Å². The number of rotatable bonds is 12. The maximum absolute atomic E-state index is 12.3. The van der Waals surface area contributed by atoms with Crippen molar-refractivity contribution in [3.8, 4) is 5.75 Å². The van der Waals surface area contributed by atoms with Gasteiger partial charge in [0.1, 0.15) is 5.75 Å². The molecule has 1 fully saturated rings. The van der Waals surface area contributed by atoms with Crippen molar-refractivity contribution in [2.75, 3.05) is 39.5 Å². The van der Waals surface area contributed by atoms with E-state index in [1.54, 1.807) is 0 Å². The van der Waals surface area contributed by atoms with E-state index in [4.69, 9.17) is 9.47 Å². The summed E-state index contributed by atoms with van der Waals surface area (Å²) in [4.78, 5) is 2.43. The number of ether oxygens (including phenoxy) is 2. The van der Waals surface area contributed by atoms with Gasteiger partial charge in [0.15, 0.2) is 0 Å². The predicted octanol–water partition coefficient (Wildman–Crippen LogP) is 5.61. The molecule has 0 aliphatic carbocycles. The summed E-state index contributed by atoms with van der Waals surface area (Å²) in [6, 6.07) is 18.7. The topological polar surface area (TPSA) is 41.9 Å². The molecular weight excluding hydrogens is 398 g/mol. The van der Waals surface area contributed by atoms with Gasteiger partial charge in [-0.1, -0.05) is 76.1 Å². The Hall–Kier alpha value is -1.88. The Morgan fingerprint density at radius 2 is 1.72 bits per heavy atom. The summed E-state index contributed by atoms with van der Waals surface area (Å²) in [6.45, 7) is 11.5. The fourth-order valence-electron chi connectivity index (χ4n) is 4.48. The van der Waals surface area contributed by atoms with Gasteiger partial charge in [-0.05, 0) is 42.0 Å². The fraction of sp³-hybridized carbons (Fsp3) is 0.571. The summed E-state index contributed by atoms with van der Waals surface area (Å²) in [7, 11) is 0. The number of unbranched alkanes of at least 4 members (excludes halogenated alkanes) is 1. The lowest BCUT2D eigenvalue weighted by Crippen LogP contribution is -2.45. The average Bonchev–Trinajstić information content (AvgIpc) is 2.82. The van der Waals surface area contributed by atoms with Crippen molar-refractivity contribution in [3.63, 3.8) is 0 Å². The van der Waals surface area contributed by atoms with Crippen LogP contribution in [0.5, 0.6) is 5.75 Å². The molecule has 1 N–H and O–H groups in total. The molecule has 32 heavy (non-hydrogen) atoms. The zero-order valence-electron chi connectivity index (χ0n) is 20.1. The zero-order chi connectivity index (χ0) is 22.8. The maximum Gasteiger partial charge on any atom is 0.119 e. The van der Waals surface area contributed by atoms with Crippen molar-refractivity contribution in [1.29, 1.82) is 0 Å². The van der Waals surface area contributed by atoms with Crippen LogP contribution in [0.2, 0.25) is 0 Å². The van der Waals surface area contributed by atoms with Crippen molar-refractivity contribution in [3.05, 3.63) is 65.7 Å². The number of nitrogens with zero attached hydrogens (tertiary/aromatic N) is 1. The Balaban J connectivity index is 1.88. The van der Waals surface area contributed by atoms with Gasteiger partial charge in [-0.15, -0.1) is 0 Å². The molecule has 4 nitrogen and oxygen atoms in total. The summed E-state index contributed by atoms with van der Waals surface area (Å²) in [5, 5.41) is 12.3. The first kappa shape index (κ1) is 24.8. The average molecular weight is 440 g/mol. The Labute approximate surface area is 194 Å². The van der Waals surface area contributed by atoms with E-state index in [0.717, 1.165) is 76.5 Å². The first-order chi connectivity index (χ1) is 15.5. The minimum Gasteiger partial charge on any atom is -0.494 e. The van der Waals surface area contributed by atoms with E-state index in [0.29, 0.717) is 5.92 Å². The quantitative estimate of drug-likeness (QED) is 0.467. The largest absolute Gasteiger partial charge is 0.494 e. The molecule has 0 unspecified atom stereocenters.